The highest BCUT2D eigenvalue weighted by atomic mass is 16.5. The van der Waals surface area contributed by atoms with E-state index in [4.69, 9.17) is 4.74 Å². The molecule has 2 aliphatic rings. The van der Waals surface area contributed by atoms with Crippen LogP contribution in [0.2, 0.25) is 0 Å². The Morgan fingerprint density at radius 3 is 2.69 bits per heavy atom. The molecule has 4 heterocycles. The lowest BCUT2D eigenvalue weighted by atomic mass is 9.84. The molecule has 2 aromatic rings. The lowest BCUT2D eigenvalue weighted by Crippen LogP contribution is -2.66. The minimum absolute atomic E-state index is 0.348. The summed E-state index contributed by atoms with van der Waals surface area (Å²) < 4.78 is 7.94. The van der Waals surface area contributed by atoms with Crippen LogP contribution in [-0.2, 0) is 24.9 Å². The monoisotopic (exact) mass is 355 g/mol. The van der Waals surface area contributed by atoms with E-state index in [1.807, 2.05) is 42.5 Å². The van der Waals surface area contributed by atoms with Gasteiger partial charge in [0.15, 0.2) is 0 Å². The molecule has 0 N–H and O–H groups in total. The van der Waals surface area contributed by atoms with Gasteiger partial charge >= 0.3 is 0 Å². The van der Waals surface area contributed by atoms with Gasteiger partial charge in [0, 0.05) is 62.4 Å². The molecule has 6 heteroatoms. The second kappa shape index (κ2) is 7.10. The summed E-state index contributed by atoms with van der Waals surface area (Å²) >= 11 is 0. The fourth-order valence-corrected chi connectivity index (χ4v) is 4.48. The average molecular weight is 355 g/mol. The third kappa shape index (κ3) is 3.41. The van der Waals surface area contributed by atoms with Crippen molar-refractivity contribution in [1.82, 2.24) is 24.6 Å². The highest BCUT2D eigenvalue weighted by Crippen LogP contribution is 2.40. The summed E-state index contributed by atoms with van der Waals surface area (Å²) in [6.45, 7) is 8.12. The quantitative estimate of drug-likeness (QED) is 0.791. The average Bonchev–Trinajstić information content (AvgIpc) is 3.10. The summed E-state index contributed by atoms with van der Waals surface area (Å²) in [6.07, 6.45) is 6.89. The number of likely N-dealkylation sites (tertiary alicyclic amines) is 2. The number of hydrogen-bond acceptors (Lipinski definition) is 5. The van der Waals surface area contributed by atoms with Gasteiger partial charge in [-0.3, -0.25) is 19.5 Å². The van der Waals surface area contributed by atoms with Gasteiger partial charge in [-0.15, -0.1) is 0 Å². The molecule has 2 aromatic heterocycles. The van der Waals surface area contributed by atoms with Crippen LogP contribution in [0.25, 0.3) is 0 Å². The third-order valence-corrected chi connectivity index (χ3v) is 6.15. The Balaban J connectivity index is 1.25. The fourth-order valence-electron chi connectivity index (χ4n) is 4.48. The van der Waals surface area contributed by atoms with Gasteiger partial charge in [-0.05, 0) is 44.0 Å². The molecule has 4 rings (SSSR count). The Labute approximate surface area is 155 Å². The van der Waals surface area contributed by atoms with Crippen LogP contribution >= 0.6 is 0 Å². The van der Waals surface area contributed by atoms with Crippen LogP contribution in [0.4, 0.5) is 0 Å². The first kappa shape index (κ1) is 17.6. The highest BCUT2D eigenvalue weighted by Gasteiger charge is 2.51. The van der Waals surface area contributed by atoms with E-state index in [0.29, 0.717) is 18.1 Å². The van der Waals surface area contributed by atoms with E-state index in [0.717, 1.165) is 32.8 Å². The Hall–Kier alpha value is -1.76. The molecule has 0 bridgehead atoms. The summed E-state index contributed by atoms with van der Waals surface area (Å²) in [7, 11) is 4.28. The Kier molecular flexibility index (Phi) is 4.82. The zero-order valence-electron chi connectivity index (χ0n) is 16.1. The minimum atomic E-state index is 0.348. The van der Waals surface area contributed by atoms with Crippen LogP contribution in [0.5, 0.6) is 0 Å². The largest absolute Gasteiger partial charge is 0.376 e. The highest BCUT2D eigenvalue weighted by molar-refractivity contribution is 5.18. The first-order chi connectivity index (χ1) is 12.6. The van der Waals surface area contributed by atoms with Crippen LogP contribution in [0, 0.1) is 12.8 Å². The third-order valence-electron chi connectivity index (χ3n) is 6.15. The Morgan fingerprint density at radius 2 is 2.00 bits per heavy atom. The van der Waals surface area contributed by atoms with Gasteiger partial charge in [0.25, 0.3) is 0 Å². The van der Waals surface area contributed by atoms with Crippen LogP contribution in [0.1, 0.15) is 23.2 Å². The summed E-state index contributed by atoms with van der Waals surface area (Å²) in [6, 6.07) is 4.04. The number of rotatable bonds is 6. The summed E-state index contributed by atoms with van der Waals surface area (Å²) in [5.74, 6) is 0.629. The van der Waals surface area contributed by atoms with Crippen molar-refractivity contribution in [2.75, 3.05) is 33.3 Å². The number of aromatic nitrogens is 3. The van der Waals surface area contributed by atoms with Crippen LogP contribution in [-0.4, -0.2) is 63.4 Å². The van der Waals surface area contributed by atoms with Gasteiger partial charge in [-0.25, -0.2) is 0 Å². The van der Waals surface area contributed by atoms with Crippen LogP contribution in [0.3, 0.4) is 0 Å². The maximum Gasteiger partial charge on any atom is 0.0718 e. The second-order valence-corrected chi connectivity index (χ2v) is 8.07. The smallest absolute Gasteiger partial charge is 0.0718 e. The van der Waals surface area contributed by atoms with Gasteiger partial charge in [0.05, 0.1) is 19.4 Å². The topological polar surface area (TPSA) is 46.4 Å². The first-order valence-electron chi connectivity index (χ1n) is 9.43. The second-order valence-electron chi connectivity index (χ2n) is 8.07. The number of pyridine rings is 1. The van der Waals surface area contributed by atoms with Gasteiger partial charge in [-0.2, -0.15) is 5.10 Å². The van der Waals surface area contributed by atoms with E-state index < -0.39 is 0 Å². The number of likely N-dealkylation sites (N-methyl/N-ethyl adjacent to an activating group) is 1. The van der Waals surface area contributed by atoms with Crippen molar-refractivity contribution in [2.45, 2.75) is 32.0 Å². The molecule has 0 aromatic carbocycles. The molecule has 0 saturated carbocycles. The molecule has 0 amide bonds. The van der Waals surface area contributed by atoms with Crippen molar-refractivity contribution in [3.63, 3.8) is 0 Å². The number of aryl methyl sites for hydroxylation is 1. The molecular weight excluding hydrogens is 326 g/mol. The number of nitrogens with zero attached hydrogens (tertiary/aromatic N) is 5. The lowest BCUT2D eigenvalue weighted by Gasteiger charge is -2.52. The fraction of sp³-hybridized carbons (Fsp3) is 0.600. The SMILES string of the molecule is Cc1c(CN2CC3(C[C@H](COCc4ccncc4)CN3C)C2)cnn1C. The molecule has 2 aliphatic heterocycles. The summed E-state index contributed by atoms with van der Waals surface area (Å²) in [4.78, 5) is 9.15. The van der Waals surface area contributed by atoms with Crippen molar-refractivity contribution in [2.24, 2.45) is 13.0 Å². The van der Waals surface area contributed by atoms with Crippen molar-refractivity contribution >= 4 is 0 Å². The molecule has 2 saturated heterocycles. The standard InChI is InChI=1S/C20H29N5O/c1-16-19(9-22-24(16)3)11-25-14-20(15-25)8-18(10-23(20)2)13-26-12-17-4-6-21-7-5-17/h4-7,9,18H,8,10-15H2,1-3H3/t18-/m0/s1. The molecule has 0 radical (unpaired) electrons. The first-order valence-corrected chi connectivity index (χ1v) is 9.43. The predicted octanol–water partition coefficient (Wildman–Crippen LogP) is 1.85. The molecule has 0 aliphatic carbocycles. The van der Waals surface area contributed by atoms with E-state index in [9.17, 15) is 0 Å². The van der Waals surface area contributed by atoms with Gasteiger partial charge in [0.1, 0.15) is 0 Å². The normalized spacial score (nSPS) is 22.8. The van der Waals surface area contributed by atoms with E-state index >= 15 is 0 Å². The molecular formula is C20H29N5O. The maximum atomic E-state index is 5.98. The molecule has 1 spiro atoms. The predicted molar refractivity (Wildman–Crippen MR) is 101 cm³/mol. The zero-order valence-corrected chi connectivity index (χ0v) is 16.1. The van der Waals surface area contributed by atoms with E-state index in [2.05, 4.69) is 33.9 Å². The summed E-state index contributed by atoms with van der Waals surface area (Å²) in [5, 5.41) is 4.36. The van der Waals surface area contributed by atoms with Crippen molar-refractivity contribution in [3.05, 3.63) is 47.5 Å². The molecule has 6 nitrogen and oxygen atoms in total. The van der Waals surface area contributed by atoms with Gasteiger partial charge < -0.3 is 4.74 Å². The van der Waals surface area contributed by atoms with E-state index in [-0.39, 0.29) is 0 Å². The van der Waals surface area contributed by atoms with Crippen molar-refractivity contribution < 1.29 is 4.74 Å². The number of ether oxygens (including phenoxy) is 1. The van der Waals surface area contributed by atoms with Crippen LogP contribution < -0.4 is 0 Å². The Morgan fingerprint density at radius 1 is 1.23 bits per heavy atom. The number of hydrogen-bond donors (Lipinski definition) is 0. The Bertz CT molecular complexity index is 738. The molecule has 2 fully saturated rings. The maximum absolute atomic E-state index is 5.98. The zero-order chi connectivity index (χ0) is 18.1. The summed E-state index contributed by atoms with van der Waals surface area (Å²) in [5.41, 5.74) is 4.16. The van der Waals surface area contributed by atoms with E-state index in [1.165, 1.54) is 23.2 Å². The molecule has 26 heavy (non-hydrogen) atoms. The minimum Gasteiger partial charge on any atom is -0.376 e. The van der Waals surface area contributed by atoms with Gasteiger partial charge in [0.2, 0.25) is 0 Å². The molecule has 140 valence electrons. The van der Waals surface area contributed by atoms with Crippen LogP contribution in [0.15, 0.2) is 30.7 Å². The lowest BCUT2D eigenvalue weighted by molar-refractivity contribution is -0.0227. The molecule has 1 atom stereocenters. The van der Waals surface area contributed by atoms with Crippen molar-refractivity contribution in [3.8, 4) is 0 Å². The van der Waals surface area contributed by atoms with Gasteiger partial charge in [-0.1, -0.05) is 0 Å². The van der Waals surface area contributed by atoms with Crippen molar-refractivity contribution in [1.29, 1.82) is 0 Å². The van der Waals surface area contributed by atoms with E-state index in [1.54, 1.807) is 0 Å². The molecule has 0 unspecified atom stereocenters.